The molecule has 0 atom stereocenters. The number of hydrogen-bond acceptors (Lipinski definition) is 7. The van der Waals surface area contributed by atoms with Crippen LogP contribution in [-0.4, -0.2) is 30.7 Å². The molecule has 1 aromatic carbocycles. The van der Waals surface area contributed by atoms with Crippen LogP contribution in [0.4, 0.5) is 11.4 Å². The third-order valence-electron chi connectivity index (χ3n) is 3.47. The minimum atomic E-state index is -3.36. The summed E-state index contributed by atoms with van der Waals surface area (Å²) in [7, 11) is -3.36. The molecule has 0 aliphatic carbocycles. The molecule has 2 aromatic rings. The summed E-state index contributed by atoms with van der Waals surface area (Å²) in [5.41, 5.74) is 3.24. The molecule has 8 nitrogen and oxygen atoms in total. The number of aromatic nitrogens is 1. The van der Waals surface area contributed by atoms with E-state index in [-0.39, 0.29) is 60.5 Å². The molecule has 141 valence electrons. The number of hydrogen-bond donors (Lipinski definition) is 3. The molecule has 1 aromatic heterocycles. The van der Waals surface area contributed by atoms with Gasteiger partial charge in [-0.25, -0.2) is 13.9 Å². The summed E-state index contributed by atoms with van der Waals surface area (Å²) in [5.74, 6) is -0.482. The summed E-state index contributed by atoms with van der Waals surface area (Å²) in [6.45, 7) is 2.91. The number of carbonyl (C=O) groups excluding carboxylic acids is 1. The first-order chi connectivity index (χ1) is 12.2. The number of rotatable bonds is 6. The van der Waals surface area contributed by atoms with Crippen LogP contribution in [0, 0.1) is 6.07 Å². The second-order valence-corrected chi connectivity index (χ2v) is 7.59. The molecule has 3 N–H and O–H groups in total. The van der Waals surface area contributed by atoms with Crippen molar-refractivity contribution in [1.29, 1.82) is 0 Å². The first-order valence-electron chi connectivity index (χ1n) is 7.45. The van der Waals surface area contributed by atoms with Crippen LogP contribution in [0.3, 0.4) is 0 Å². The van der Waals surface area contributed by atoms with Gasteiger partial charge in [0.15, 0.2) is 9.84 Å². The zero-order chi connectivity index (χ0) is 19.3. The molecule has 0 unspecified atom stereocenters. The Kier molecular flexibility index (Phi) is 8.39. The van der Waals surface area contributed by atoms with Gasteiger partial charge < -0.3 is 15.3 Å². The van der Waals surface area contributed by atoms with Crippen LogP contribution in [0.15, 0.2) is 47.3 Å². The summed E-state index contributed by atoms with van der Waals surface area (Å²) in [6, 6.07) is 8.62. The van der Waals surface area contributed by atoms with Gasteiger partial charge in [0.2, 0.25) is 5.91 Å². The Hall–Kier alpha value is -1.97. The predicted octanol–water partition coefficient (Wildman–Crippen LogP) is 2.48. The quantitative estimate of drug-likeness (QED) is 0.260. The van der Waals surface area contributed by atoms with Gasteiger partial charge in [-0.1, -0.05) is 0 Å². The molecule has 2 rings (SSSR count). The van der Waals surface area contributed by atoms with Gasteiger partial charge in [-0.2, -0.15) is 6.07 Å². The maximum Gasteiger partial charge on any atom is 0.246 e. The van der Waals surface area contributed by atoms with Crippen molar-refractivity contribution in [3.63, 3.8) is 0 Å². The zero-order valence-corrected chi connectivity index (χ0v) is 18.6. The minimum absolute atomic E-state index is 0. The average molecular weight is 465 g/mol. The van der Waals surface area contributed by atoms with Crippen LogP contribution in [-0.2, 0) is 47.4 Å². The van der Waals surface area contributed by atoms with E-state index in [4.69, 9.17) is 4.84 Å². The van der Waals surface area contributed by atoms with Gasteiger partial charge >= 0.3 is 0 Å². The van der Waals surface area contributed by atoms with E-state index in [2.05, 4.69) is 21.8 Å². The van der Waals surface area contributed by atoms with E-state index < -0.39 is 15.7 Å². The molecular weight excluding hydrogens is 447 g/mol. The minimum Gasteiger partial charge on any atom is -0.531 e. The number of allylic oxidation sites excluding steroid dienone is 2. The van der Waals surface area contributed by atoms with E-state index in [0.29, 0.717) is 5.56 Å². The van der Waals surface area contributed by atoms with Crippen molar-refractivity contribution in [3.8, 4) is 5.75 Å². The van der Waals surface area contributed by atoms with Crippen molar-refractivity contribution in [2.75, 3.05) is 17.1 Å². The number of sulfone groups is 1. The number of phenolic OH excluding ortho intramolecular Hbond substituents is 1. The molecule has 27 heavy (non-hydrogen) atoms. The van der Waals surface area contributed by atoms with Gasteiger partial charge in [0.25, 0.3) is 0 Å². The average Bonchev–Trinajstić information content (AvgIpc) is 2.61. The number of carbonyl (C=O) groups is 1. The fourth-order valence-corrected chi connectivity index (χ4v) is 2.36. The van der Waals surface area contributed by atoms with Crippen molar-refractivity contribution < 1.29 is 55.9 Å². The SMILES string of the molecule is C/C(ONc1[c-]cc(NC(=O)c2cccnc2)c(O)c1)=C(\C)S(C)(=O)=O.[Y]. The normalized spacial score (nSPS) is 11.7. The van der Waals surface area contributed by atoms with Crippen LogP contribution in [0.2, 0.25) is 0 Å². The van der Waals surface area contributed by atoms with Crippen molar-refractivity contribution in [1.82, 2.24) is 4.98 Å². The first kappa shape index (κ1) is 23.1. The molecule has 0 saturated heterocycles. The third-order valence-corrected chi connectivity index (χ3v) is 4.87. The van der Waals surface area contributed by atoms with Crippen LogP contribution >= 0.6 is 0 Å². The summed E-state index contributed by atoms with van der Waals surface area (Å²) in [6.07, 6.45) is 4.02. The fraction of sp³-hybridized carbons (Fsp3) is 0.176. The topological polar surface area (TPSA) is 118 Å². The first-order valence-corrected chi connectivity index (χ1v) is 9.34. The molecular formula is C17H18N3O5SY-. The third kappa shape index (κ3) is 6.60. The number of benzene rings is 1. The van der Waals surface area contributed by atoms with Crippen molar-refractivity contribution in [2.24, 2.45) is 0 Å². The standard InChI is InChI=1S/C17H18N3O5S.Y/c1-11(12(2)26(3,23)24)25-20-14-6-7-15(16(21)9-14)19-17(22)13-5-4-8-18-10-13;/h4-5,7-10,20-21H,1-3H3,(H,19,22);/q-1;/b12-11-;. The molecule has 0 bridgehead atoms. The second kappa shape index (κ2) is 9.82. The molecule has 1 heterocycles. The Morgan fingerprint density at radius 3 is 2.59 bits per heavy atom. The molecule has 0 fully saturated rings. The summed E-state index contributed by atoms with van der Waals surface area (Å²) >= 11 is 0. The van der Waals surface area contributed by atoms with E-state index >= 15 is 0 Å². The Morgan fingerprint density at radius 2 is 2.04 bits per heavy atom. The van der Waals surface area contributed by atoms with E-state index in [1.54, 1.807) is 18.3 Å². The van der Waals surface area contributed by atoms with Gasteiger partial charge in [-0.3, -0.25) is 9.78 Å². The van der Waals surface area contributed by atoms with Gasteiger partial charge in [0.1, 0.15) is 5.76 Å². The van der Waals surface area contributed by atoms with Crippen molar-refractivity contribution >= 4 is 27.1 Å². The number of phenols is 1. The van der Waals surface area contributed by atoms with Crippen LogP contribution in [0.1, 0.15) is 24.2 Å². The van der Waals surface area contributed by atoms with Gasteiger partial charge in [-0.05, 0) is 37.4 Å². The molecule has 0 aliphatic heterocycles. The molecule has 0 aliphatic rings. The molecule has 1 radical (unpaired) electrons. The maximum absolute atomic E-state index is 12.1. The summed E-state index contributed by atoms with van der Waals surface area (Å²) in [4.78, 5) is 21.2. The van der Waals surface area contributed by atoms with Gasteiger partial charge in [0.05, 0.1) is 10.5 Å². The Morgan fingerprint density at radius 1 is 1.33 bits per heavy atom. The zero-order valence-electron chi connectivity index (χ0n) is 15.0. The maximum atomic E-state index is 12.1. The van der Waals surface area contributed by atoms with E-state index in [9.17, 15) is 18.3 Å². The van der Waals surface area contributed by atoms with Crippen molar-refractivity contribution in [3.05, 3.63) is 59.0 Å². The second-order valence-electron chi connectivity index (χ2n) is 5.43. The number of amides is 1. The Labute approximate surface area is 182 Å². The molecule has 0 saturated carbocycles. The van der Waals surface area contributed by atoms with E-state index in [1.807, 2.05) is 0 Å². The number of nitrogens with zero attached hydrogens (tertiary/aromatic N) is 1. The Bertz CT molecular complexity index is 946. The van der Waals surface area contributed by atoms with Crippen molar-refractivity contribution in [2.45, 2.75) is 13.8 Å². The van der Waals surface area contributed by atoms with E-state index in [0.717, 1.165) is 6.26 Å². The fourth-order valence-electron chi connectivity index (χ4n) is 1.80. The largest absolute Gasteiger partial charge is 0.531 e. The van der Waals surface area contributed by atoms with Crippen LogP contribution in [0.5, 0.6) is 5.75 Å². The number of anilines is 2. The number of pyridine rings is 1. The Balaban J connectivity index is 0.00000364. The monoisotopic (exact) mass is 465 g/mol. The summed E-state index contributed by atoms with van der Waals surface area (Å²) in [5, 5.41) is 12.6. The van der Waals surface area contributed by atoms with Crippen LogP contribution in [0.25, 0.3) is 0 Å². The van der Waals surface area contributed by atoms with Gasteiger partial charge in [0, 0.05) is 57.1 Å². The molecule has 1 amide bonds. The molecule has 0 spiro atoms. The van der Waals surface area contributed by atoms with Crippen LogP contribution < -0.4 is 10.8 Å². The molecule has 10 heteroatoms. The number of aromatic hydroxyl groups is 1. The predicted molar refractivity (Wildman–Crippen MR) is 97.1 cm³/mol. The van der Waals surface area contributed by atoms with E-state index in [1.165, 1.54) is 32.2 Å². The van der Waals surface area contributed by atoms with Gasteiger partial charge in [-0.15, -0.1) is 12.1 Å². The number of nitrogens with one attached hydrogen (secondary N) is 2. The summed E-state index contributed by atoms with van der Waals surface area (Å²) < 4.78 is 22.9. The smallest absolute Gasteiger partial charge is 0.246 e.